The molecule has 1 fully saturated rings. The van der Waals surface area contributed by atoms with Crippen molar-refractivity contribution in [3.8, 4) is 0 Å². The fourth-order valence-corrected chi connectivity index (χ4v) is 3.17. The van der Waals surface area contributed by atoms with Gasteiger partial charge in [0.1, 0.15) is 0 Å². The van der Waals surface area contributed by atoms with Gasteiger partial charge in [0.15, 0.2) is 5.96 Å². The molecule has 1 atom stereocenters. The Morgan fingerprint density at radius 2 is 1.75 bits per heavy atom. The second-order valence-electron chi connectivity index (χ2n) is 7.43. The van der Waals surface area contributed by atoms with Gasteiger partial charge in [-0.05, 0) is 52.9 Å². The molecule has 0 spiro atoms. The summed E-state index contributed by atoms with van der Waals surface area (Å²) in [5, 5.41) is 10.2. The molecule has 1 saturated carbocycles. The first-order valence-electron chi connectivity index (χ1n) is 9.27. The van der Waals surface area contributed by atoms with E-state index in [9.17, 15) is 0 Å². The lowest BCUT2D eigenvalue weighted by Crippen LogP contribution is -2.45. The standard InChI is InChI=1S/C18H38N4O.HI/c1-6-23-16(15-9-7-8-10-15)11-12-20-17(19-5)21-13-14-22-18(2,3)4;/h15-16,22H,6-14H2,1-5H3,(H2,19,20,21);1H. The molecule has 0 aromatic heterocycles. The molecular formula is C18H39IN4O. The Balaban J connectivity index is 0.00000529. The topological polar surface area (TPSA) is 57.7 Å². The summed E-state index contributed by atoms with van der Waals surface area (Å²) in [7, 11) is 1.82. The Kier molecular flexibility index (Phi) is 13.1. The molecule has 0 aliphatic heterocycles. The first-order valence-corrected chi connectivity index (χ1v) is 9.27. The lowest BCUT2D eigenvalue weighted by molar-refractivity contribution is 0.0169. The minimum absolute atomic E-state index is 0. The molecule has 6 heteroatoms. The number of nitrogens with one attached hydrogen (secondary N) is 3. The van der Waals surface area contributed by atoms with Gasteiger partial charge in [-0.2, -0.15) is 0 Å². The number of hydrogen-bond donors (Lipinski definition) is 3. The zero-order valence-electron chi connectivity index (χ0n) is 16.3. The van der Waals surface area contributed by atoms with E-state index in [1.165, 1.54) is 25.7 Å². The minimum atomic E-state index is 0. The largest absolute Gasteiger partial charge is 0.378 e. The van der Waals surface area contributed by atoms with E-state index in [4.69, 9.17) is 4.74 Å². The van der Waals surface area contributed by atoms with Crippen molar-refractivity contribution in [2.75, 3.05) is 33.3 Å². The van der Waals surface area contributed by atoms with Crippen LogP contribution in [0.2, 0.25) is 0 Å². The lowest BCUT2D eigenvalue weighted by atomic mass is 9.98. The first kappa shape index (κ1) is 23.9. The van der Waals surface area contributed by atoms with E-state index in [2.05, 4.69) is 48.6 Å². The summed E-state index contributed by atoms with van der Waals surface area (Å²) in [6.07, 6.45) is 6.85. The molecule has 0 aromatic carbocycles. The second kappa shape index (κ2) is 13.2. The molecule has 3 N–H and O–H groups in total. The molecule has 5 nitrogen and oxygen atoms in total. The van der Waals surface area contributed by atoms with Gasteiger partial charge in [0.05, 0.1) is 6.10 Å². The molecule has 0 radical (unpaired) electrons. The molecule has 0 amide bonds. The van der Waals surface area contributed by atoms with E-state index in [-0.39, 0.29) is 29.5 Å². The minimum Gasteiger partial charge on any atom is -0.378 e. The van der Waals surface area contributed by atoms with Gasteiger partial charge >= 0.3 is 0 Å². The van der Waals surface area contributed by atoms with Gasteiger partial charge < -0.3 is 20.7 Å². The van der Waals surface area contributed by atoms with E-state index >= 15 is 0 Å². The molecule has 1 rings (SSSR count). The van der Waals surface area contributed by atoms with Crippen LogP contribution in [0.5, 0.6) is 0 Å². The average molecular weight is 454 g/mol. The van der Waals surface area contributed by atoms with Crippen molar-refractivity contribution in [2.24, 2.45) is 10.9 Å². The first-order chi connectivity index (χ1) is 11.0. The fourth-order valence-electron chi connectivity index (χ4n) is 3.17. The predicted octanol–water partition coefficient (Wildman–Crippen LogP) is 3.14. The molecule has 0 heterocycles. The van der Waals surface area contributed by atoms with Crippen LogP contribution in [0.1, 0.15) is 59.8 Å². The van der Waals surface area contributed by atoms with E-state index in [0.29, 0.717) is 6.10 Å². The molecule has 0 aromatic rings. The van der Waals surface area contributed by atoms with Crippen LogP contribution in [-0.4, -0.2) is 50.9 Å². The maximum absolute atomic E-state index is 5.97. The second-order valence-corrected chi connectivity index (χ2v) is 7.43. The summed E-state index contributed by atoms with van der Waals surface area (Å²) >= 11 is 0. The maximum Gasteiger partial charge on any atom is 0.191 e. The Bertz CT molecular complexity index is 338. The van der Waals surface area contributed by atoms with Crippen molar-refractivity contribution >= 4 is 29.9 Å². The Hall–Kier alpha value is -0.0800. The van der Waals surface area contributed by atoms with Crippen LogP contribution in [0.15, 0.2) is 4.99 Å². The number of halogens is 1. The molecule has 144 valence electrons. The number of ether oxygens (including phenoxy) is 1. The summed E-state index contributed by atoms with van der Waals surface area (Å²) in [5.41, 5.74) is 0.157. The monoisotopic (exact) mass is 454 g/mol. The van der Waals surface area contributed by atoms with E-state index in [0.717, 1.165) is 44.5 Å². The van der Waals surface area contributed by atoms with Crippen LogP contribution >= 0.6 is 24.0 Å². The third kappa shape index (κ3) is 10.7. The summed E-state index contributed by atoms with van der Waals surface area (Å²) in [4.78, 5) is 4.29. The van der Waals surface area contributed by atoms with Crippen molar-refractivity contribution in [3.63, 3.8) is 0 Å². The summed E-state index contributed by atoms with van der Waals surface area (Å²) in [6, 6.07) is 0. The third-order valence-electron chi connectivity index (χ3n) is 4.32. The molecule has 1 aliphatic rings. The van der Waals surface area contributed by atoms with Crippen LogP contribution in [0, 0.1) is 5.92 Å². The highest BCUT2D eigenvalue weighted by Crippen LogP contribution is 2.30. The number of hydrogen-bond acceptors (Lipinski definition) is 3. The van der Waals surface area contributed by atoms with Crippen molar-refractivity contribution in [1.82, 2.24) is 16.0 Å². The molecule has 1 aliphatic carbocycles. The molecule has 0 bridgehead atoms. The molecule has 0 saturated heterocycles. The van der Waals surface area contributed by atoms with Gasteiger partial charge in [-0.25, -0.2) is 0 Å². The predicted molar refractivity (Wildman–Crippen MR) is 115 cm³/mol. The van der Waals surface area contributed by atoms with Crippen molar-refractivity contribution < 1.29 is 4.74 Å². The highest BCUT2D eigenvalue weighted by molar-refractivity contribution is 14.0. The molecule has 1 unspecified atom stereocenters. The normalized spacial score (nSPS) is 17.5. The lowest BCUT2D eigenvalue weighted by Gasteiger charge is -2.24. The van der Waals surface area contributed by atoms with Crippen LogP contribution < -0.4 is 16.0 Å². The quantitative estimate of drug-likeness (QED) is 0.217. The number of rotatable bonds is 9. The molecular weight excluding hydrogens is 415 g/mol. The summed E-state index contributed by atoms with van der Waals surface area (Å²) in [6.45, 7) is 12.1. The van der Waals surface area contributed by atoms with E-state index < -0.39 is 0 Å². The van der Waals surface area contributed by atoms with Gasteiger partial charge in [0, 0.05) is 38.8 Å². The Morgan fingerprint density at radius 1 is 1.12 bits per heavy atom. The third-order valence-corrected chi connectivity index (χ3v) is 4.32. The van der Waals surface area contributed by atoms with E-state index in [1.54, 1.807) is 0 Å². The summed E-state index contributed by atoms with van der Waals surface area (Å²) in [5.74, 6) is 1.63. The number of aliphatic imine (C=N–C) groups is 1. The van der Waals surface area contributed by atoms with Gasteiger partial charge in [0.2, 0.25) is 0 Å². The van der Waals surface area contributed by atoms with Crippen LogP contribution in [-0.2, 0) is 4.74 Å². The zero-order chi connectivity index (χ0) is 17.1. The van der Waals surface area contributed by atoms with Crippen molar-refractivity contribution in [1.29, 1.82) is 0 Å². The SMILES string of the molecule is CCOC(CCNC(=NC)NCCNC(C)(C)C)C1CCCC1.I. The van der Waals surface area contributed by atoms with Crippen LogP contribution in [0.3, 0.4) is 0 Å². The van der Waals surface area contributed by atoms with Crippen LogP contribution in [0.4, 0.5) is 0 Å². The van der Waals surface area contributed by atoms with Gasteiger partial charge in [0.25, 0.3) is 0 Å². The fraction of sp³-hybridized carbons (Fsp3) is 0.944. The van der Waals surface area contributed by atoms with Crippen molar-refractivity contribution in [2.45, 2.75) is 71.4 Å². The van der Waals surface area contributed by atoms with Gasteiger partial charge in [-0.1, -0.05) is 12.8 Å². The highest BCUT2D eigenvalue weighted by Gasteiger charge is 2.25. The van der Waals surface area contributed by atoms with Gasteiger partial charge in [-0.15, -0.1) is 24.0 Å². The average Bonchev–Trinajstić information content (AvgIpc) is 3.01. The maximum atomic E-state index is 5.97. The molecule has 24 heavy (non-hydrogen) atoms. The summed E-state index contributed by atoms with van der Waals surface area (Å²) < 4.78 is 5.97. The van der Waals surface area contributed by atoms with E-state index in [1.807, 2.05) is 7.05 Å². The smallest absolute Gasteiger partial charge is 0.191 e. The zero-order valence-corrected chi connectivity index (χ0v) is 18.6. The number of nitrogens with zero attached hydrogens (tertiary/aromatic N) is 1. The van der Waals surface area contributed by atoms with Gasteiger partial charge in [-0.3, -0.25) is 4.99 Å². The highest BCUT2D eigenvalue weighted by atomic mass is 127. The van der Waals surface area contributed by atoms with Crippen molar-refractivity contribution in [3.05, 3.63) is 0 Å². The number of guanidine groups is 1. The Morgan fingerprint density at radius 3 is 2.29 bits per heavy atom. The Labute approximate surface area is 166 Å². The van der Waals surface area contributed by atoms with Crippen LogP contribution in [0.25, 0.3) is 0 Å².